The molecule has 0 bridgehead atoms. The zero-order chi connectivity index (χ0) is 11.7. The molecule has 0 aromatic carbocycles. The van der Waals surface area contributed by atoms with E-state index in [9.17, 15) is 0 Å². The summed E-state index contributed by atoms with van der Waals surface area (Å²) in [5.41, 5.74) is 8.29. The van der Waals surface area contributed by atoms with Crippen LogP contribution in [0, 0.1) is 0 Å². The summed E-state index contributed by atoms with van der Waals surface area (Å²) < 4.78 is 1.94. The predicted octanol–water partition coefficient (Wildman–Crippen LogP) is 2.03. The molecule has 2 aromatic rings. The second-order valence-electron chi connectivity index (χ2n) is 3.92. The lowest BCUT2D eigenvalue weighted by atomic mass is 10.2. The Labute approximate surface area is 94.7 Å². The maximum Gasteiger partial charge on any atom is 0.160 e. The molecule has 0 aliphatic rings. The van der Waals surface area contributed by atoms with Crippen molar-refractivity contribution in [2.24, 2.45) is 0 Å². The summed E-state index contributed by atoms with van der Waals surface area (Å²) in [7, 11) is 1.85. The molecule has 0 aliphatic carbocycles. The van der Waals surface area contributed by atoms with Gasteiger partial charge in [-0.25, -0.2) is 9.67 Å². The fraction of sp³-hybridized carbons (Fsp3) is 0.455. The van der Waals surface area contributed by atoms with Crippen LogP contribution < -0.4 is 11.1 Å². The number of pyridine rings is 1. The summed E-state index contributed by atoms with van der Waals surface area (Å²) in [6.45, 7) is 4.26. The Balaban J connectivity index is 2.66. The Kier molecular flexibility index (Phi) is 2.68. The van der Waals surface area contributed by atoms with E-state index >= 15 is 0 Å². The number of nitrogen functional groups attached to an aromatic ring is 1. The van der Waals surface area contributed by atoms with Gasteiger partial charge >= 0.3 is 0 Å². The number of fused-ring (bicyclic) bond motifs is 1. The molecule has 1 atom stereocenters. The van der Waals surface area contributed by atoms with E-state index in [1.165, 1.54) is 0 Å². The highest BCUT2D eigenvalue weighted by Crippen LogP contribution is 2.28. The lowest BCUT2D eigenvalue weighted by Crippen LogP contribution is -2.06. The van der Waals surface area contributed by atoms with Crippen LogP contribution in [0.15, 0.2) is 12.4 Å². The Morgan fingerprint density at radius 2 is 2.25 bits per heavy atom. The van der Waals surface area contributed by atoms with Crippen molar-refractivity contribution >= 4 is 22.4 Å². The van der Waals surface area contributed by atoms with E-state index in [0.717, 1.165) is 23.1 Å². The molecular weight excluding hydrogens is 202 g/mol. The molecule has 0 spiro atoms. The van der Waals surface area contributed by atoms with E-state index in [4.69, 9.17) is 5.73 Å². The van der Waals surface area contributed by atoms with Crippen LogP contribution in [0.5, 0.6) is 0 Å². The minimum absolute atomic E-state index is 0.346. The highest BCUT2D eigenvalue weighted by Gasteiger charge is 2.13. The van der Waals surface area contributed by atoms with Crippen molar-refractivity contribution in [3.8, 4) is 0 Å². The first kappa shape index (κ1) is 10.7. The standard InChI is InChI=1S/C11H17N5/c1-4-7(2)16-11-8(5-15-16)10(13-3)9(12)6-14-11/h5-7H,4,12H2,1-3H3,(H,13,14)/t7-/m0/s1. The van der Waals surface area contributed by atoms with Crippen LogP contribution in [0.4, 0.5) is 11.4 Å². The first-order valence-electron chi connectivity index (χ1n) is 5.48. The first-order chi connectivity index (χ1) is 7.69. The SMILES string of the molecule is CC[C@H](C)n1ncc2c(NC)c(N)cnc21. The van der Waals surface area contributed by atoms with Crippen LogP contribution >= 0.6 is 0 Å². The van der Waals surface area contributed by atoms with E-state index in [-0.39, 0.29) is 0 Å². The van der Waals surface area contributed by atoms with E-state index in [2.05, 4.69) is 29.2 Å². The van der Waals surface area contributed by atoms with Gasteiger partial charge in [0.15, 0.2) is 5.65 Å². The third kappa shape index (κ3) is 1.48. The van der Waals surface area contributed by atoms with Gasteiger partial charge in [0.25, 0.3) is 0 Å². The molecule has 5 heteroatoms. The number of rotatable bonds is 3. The van der Waals surface area contributed by atoms with Crippen molar-refractivity contribution in [3.05, 3.63) is 12.4 Å². The summed E-state index contributed by atoms with van der Waals surface area (Å²) >= 11 is 0. The summed E-state index contributed by atoms with van der Waals surface area (Å²) in [5.74, 6) is 0. The quantitative estimate of drug-likeness (QED) is 0.828. The Bertz CT molecular complexity index is 502. The Morgan fingerprint density at radius 3 is 2.88 bits per heavy atom. The fourth-order valence-corrected chi connectivity index (χ4v) is 1.79. The van der Waals surface area contributed by atoms with Gasteiger partial charge in [0.1, 0.15) is 0 Å². The summed E-state index contributed by atoms with van der Waals surface area (Å²) in [6.07, 6.45) is 4.52. The van der Waals surface area contributed by atoms with Gasteiger partial charge in [-0.3, -0.25) is 0 Å². The number of aromatic nitrogens is 3. The van der Waals surface area contributed by atoms with Crippen molar-refractivity contribution in [2.75, 3.05) is 18.1 Å². The molecule has 0 fully saturated rings. The van der Waals surface area contributed by atoms with Gasteiger partial charge in [-0.15, -0.1) is 0 Å². The largest absolute Gasteiger partial charge is 0.396 e. The van der Waals surface area contributed by atoms with Gasteiger partial charge in [0.2, 0.25) is 0 Å². The zero-order valence-corrected chi connectivity index (χ0v) is 9.86. The lowest BCUT2D eigenvalue weighted by Gasteiger charge is -2.11. The van der Waals surface area contributed by atoms with Gasteiger partial charge < -0.3 is 11.1 Å². The molecule has 3 N–H and O–H groups in total. The average Bonchev–Trinajstić information content (AvgIpc) is 2.71. The second-order valence-corrected chi connectivity index (χ2v) is 3.92. The normalized spacial score (nSPS) is 12.9. The van der Waals surface area contributed by atoms with Gasteiger partial charge in [-0.2, -0.15) is 5.10 Å². The highest BCUT2D eigenvalue weighted by atomic mass is 15.3. The second kappa shape index (κ2) is 4.00. The maximum atomic E-state index is 5.85. The van der Waals surface area contributed by atoms with E-state index in [1.54, 1.807) is 6.20 Å². The van der Waals surface area contributed by atoms with Crippen molar-refractivity contribution in [1.29, 1.82) is 0 Å². The minimum atomic E-state index is 0.346. The topological polar surface area (TPSA) is 68.8 Å². The monoisotopic (exact) mass is 219 g/mol. The van der Waals surface area contributed by atoms with Gasteiger partial charge in [0, 0.05) is 7.05 Å². The number of hydrogen-bond donors (Lipinski definition) is 2. The number of hydrogen-bond acceptors (Lipinski definition) is 4. The zero-order valence-electron chi connectivity index (χ0n) is 9.86. The predicted molar refractivity (Wildman–Crippen MR) is 66.5 cm³/mol. The number of nitrogens with two attached hydrogens (primary N) is 1. The average molecular weight is 219 g/mol. The lowest BCUT2D eigenvalue weighted by molar-refractivity contribution is 0.490. The third-order valence-corrected chi connectivity index (χ3v) is 2.91. The minimum Gasteiger partial charge on any atom is -0.396 e. The molecule has 16 heavy (non-hydrogen) atoms. The third-order valence-electron chi connectivity index (χ3n) is 2.91. The number of nitrogens with one attached hydrogen (secondary N) is 1. The van der Waals surface area contributed by atoms with Crippen LogP contribution in [0.1, 0.15) is 26.3 Å². The molecule has 0 unspecified atom stereocenters. The van der Waals surface area contributed by atoms with Crippen LogP contribution in [0.25, 0.3) is 11.0 Å². The van der Waals surface area contributed by atoms with Crippen molar-refractivity contribution in [3.63, 3.8) is 0 Å². The smallest absolute Gasteiger partial charge is 0.160 e. The molecule has 5 nitrogen and oxygen atoms in total. The van der Waals surface area contributed by atoms with Gasteiger partial charge in [-0.05, 0) is 13.3 Å². The summed E-state index contributed by atoms with van der Waals surface area (Å²) in [5, 5.41) is 8.44. The van der Waals surface area contributed by atoms with Crippen LogP contribution in [-0.2, 0) is 0 Å². The molecule has 2 heterocycles. The van der Waals surface area contributed by atoms with E-state index in [1.807, 2.05) is 17.9 Å². The van der Waals surface area contributed by atoms with Crippen molar-refractivity contribution in [2.45, 2.75) is 26.3 Å². The van der Waals surface area contributed by atoms with Crippen LogP contribution in [0.2, 0.25) is 0 Å². The van der Waals surface area contributed by atoms with Crippen molar-refractivity contribution < 1.29 is 0 Å². The highest BCUT2D eigenvalue weighted by molar-refractivity contribution is 5.95. The molecule has 0 saturated carbocycles. The molecule has 0 radical (unpaired) electrons. The molecular formula is C11H17N5. The maximum absolute atomic E-state index is 5.85. The summed E-state index contributed by atoms with van der Waals surface area (Å²) in [4.78, 5) is 4.35. The molecule has 2 aromatic heterocycles. The fourth-order valence-electron chi connectivity index (χ4n) is 1.79. The molecule has 2 rings (SSSR count). The van der Waals surface area contributed by atoms with Gasteiger partial charge in [-0.1, -0.05) is 6.92 Å². The Hall–Kier alpha value is -1.78. The number of nitrogens with zero attached hydrogens (tertiary/aromatic N) is 3. The first-order valence-corrected chi connectivity index (χ1v) is 5.48. The Morgan fingerprint density at radius 1 is 1.50 bits per heavy atom. The molecule has 0 amide bonds. The van der Waals surface area contributed by atoms with Crippen LogP contribution in [-0.4, -0.2) is 21.8 Å². The van der Waals surface area contributed by atoms with E-state index in [0.29, 0.717) is 11.7 Å². The van der Waals surface area contributed by atoms with Crippen molar-refractivity contribution in [1.82, 2.24) is 14.8 Å². The molecule has 86 valence electrons. The van der Waals surface area contributed by atoms with Gasteiger partial charge in [0.05, 0.1) is 35.2 Å². The molecule has 0 saturated heterocycles. The number of anilines is 2. The van der Waals surface area contributed by atoms with Crippen LogP contribution in [0.3, 0.4) is 0 Å². The molecule has 0 aliphatic heterocycles. The van der Waals surface area contributed by atoms with E-state index < -0.39 is 0 Å². The summed E-state index contributed by atoms with van der Waals surface area (Å²) in [6, 6.07) is 0.346.